The number of esters is 1. The molecule has 0 aliphatic heterocycles. The van der Waals surface area contributed by atoms with Crippen LogP contribution in [0.15, 0.2) is 77.8 Å². The average molecular weight is 473 g/mol. The van der Waals surface area contributed by atoms with Gasteiger partial charge in [-0.2, -0.15) is 0 Å². The van der Waals surface area contributed by atoms with E-state index in [2.05, 4.69) is 10.3 Å². The minimum atomic E-state index is -0.572. The Kier molecular flexibility index (Phi) is 8.75. The summed E-state index contributed by atoms with van der Waals surface area (Å²) < 4.78 is 5.03. The van der Waals surface area contributed by atoms with Gasteiger partial charge in [-0.25, -0.2) is 0 Å². The van der Waals surface area contributed by atoms with Gasteiger partial charge in [-0.3, -0.25) is 14.6 Å². The number of ether oxygens (including phenoxy) is 1. The van der Waals surface area contributed by atoms with Gasteiger partial charge in [0, 0.05) is 30.8 Å². The van der Waals surface area contributed by atoms with Crippen LogP contribution >= 0.6 is 0 Å². The molecular weight excluding hydrogens is 440 g/mol. The summed E-state index contributed by atoms with van der Waals surface area (Å²) in [6.07, 6.45) is 0.384. The van der Waals surface area contributed by atoms with Crippen molar-refractivity contribution in [1.29, 1.82) is 0 Å². The number of nitrogens with two attached hydrogens (primary N) is 2. The highest BCUT2D eigenvalue weighted by Crippen LogP contribution is 2.22. The van der Waals surface area contributed by atoms with Crippen LogP contribution in [-0.4, -0.2) is 37.9 Å². The summed E-state index contributed by atoms with van der Waals surface area (Å²) in [6, 6.07) is 22.4. The van der Waals surface area contributed by atoms with Crippen LogP contribution in [0.5, 0.6) is 0 Å². The molecule has 0 bridgehead atoms. The fourth-order valence-electron chi connectivity index (χ4n) is 3.94. The van der Waals surface area contributed by atoms with E-state index in [1.165, 1.54) is 7.11 Å². The lowest BCUT2D eigenvalue weighted by Crippen LogP contribution is -2.42. The first-order valence-corrected chi connectivity index (χ1v) is 11.5. The second-order valence-corrected chi connectivity index (χ2v) is 8.39. The first kappa shape index (κ1) is 25.6. The van der Waals surface area contributed by atoms with Crippen LogP contribution in [0, 0.1) is 5.92 Å². The van der Waals surface area contributed by atoms with Gasteiger partial charge in [0.15, 0.2) is 0 Å². The van der Waals surface area contributed by atoms with Crippen LogP contribution in [0.2, 0.25) is 0 Å². The molecule has 3 rings (SSSR count). The number of nitrogens with zero attached hydrogens (tertiary/aromatic N) is 1. The fraction of sp³-hybridized carbons (Fsp3) is 0.250. The molecule has 0 saturated carbocycles. The van der Waals surface area contributed by atoms with Gasteiger partial charge in [-0.15, -0.1) is 0 Å². The van der Waals surface area contributed by atoms with Crippen molar-refractivity contribution in [2.75, 3.05) is 14.2 Å². The lowest BCUT2D eigenvalue weighted by molar-refractivity contribution is -0.146. The van der Waals surface area contributed by atoms with Crippen molar-refractivity contribution in [2.45, 2.75) is 25.9 Å². The zero-order valence-electron chi connectivity index (χ0n) is 20.3. The van der Waals surface area contributed by atoms with E-state index >= 15 is 0 Å². The number of hydrogen-bond acceptors (Lipinski definition) is 5. The van der Waals surface area contributed by atoms with E-state index in [9.17, 15) is 9.59 Å². The first-order valence-electron chi connectivity index (χ1n) is 11.5. The second kappa shape index (κ2) is 11.9. The number of hydrogen-bond donors (Lipinski definition) is 3. The molecule has 0 fully saturated rings. The summed E-state index contributed by atoms with van der Waals surface area (Å²) in [6.45, 7) is 2.27. The highest BCUT2D eigenvalue weighted by Gasteiger charge is 2.28. The predicted octanol–water partition coefficient (Wildman–Crippen LogP) is 3.30. The van der Waals surface area contributed by atoms with E-state index < -0.39 is 17.9 Å². The number of rotatable bonds is 9. The predicted molar refractivity (Wildman–Crippen MR) is 139 cm³/mol. The van der Waals surface area contributed by atoms with Crippen LogP contribution < -0.4 is 16.8 Å². The third kappa shape index (κ3) is 6.55. The quantitative estimate of drug-likeness (QED) is 0.251. The van der Waals surface area contributed by atoms with Gasteiger partial charge >= 0.3 is 5.97 Å². The SMILES string of the molecule is CN=C(N)c1cccc(CC(C(=O)OC)C(C)NC(=O)c2ccc(-c3cccc(CN)c3)cc2)c1. The standard InChI is InChI=1S/C28H32N4O3/c1-18(25(28(34)35-3)16-19-6-4-9-24(14-19)26(30)31-2)32-27(33)22-12-10-21(11-13-22)23-8-5-7-20(15-23)17-29/h4-15,18,25H,16-17,29H2,1-3H3,(H2,30,31)(H,32,33). The molecule has 3 aromatic rings. The van der Waals surface area contributed by atoms with Crippen molar-refractivity contribution in [3.05, 3.63) is 95.1 Å². The summed E-state index contributed by atoms with van der Waals surface area (Å²) in [5.41, 5.74) is 16.9. The number of carbonyl (C=O) groups excluding carboxylic acids is 2. The molecule has 1 amide bonds. The number of amides is 1. The molecule has 0 radical (unpaired) electrons. The van der Waals surface area contributed by atoms with Gasteiger partial charge in [0.2, 0.25) is 0 Å². The molecule has 0 spiro atoms. The summed E-state index contributed by atoms with van der Waals surface area (Å²) in [7, 11) is 2.97. The number of methoxy groups -OCH3 is 1. The number of benzene rings is 3. The molecule has 35 heavy (non-hydrogen) atoms. The molecule has 182 valence electrons. The third-order valence-electron chi connectivity index (χ3n) is 6.03. The first-order chi connectivity index (χ1) is 16.9. The minimum absolute atomic E-state index is 0.259. The van der Waals surface area contributed by atoms with Crippen LogP contribution in [0.25, 0.3) is 11.1 Å². The Balaban J connectivity index is 1.73. The lowest BCUT2D eigenvalue weighted by atomic mass is 9.92. The zero-order valence-corrected chi connectivity index (χ0v) is 20.3. The van der Waals surface area contributed by atoms with Gasteiger partial charge in [0.1, 0.15) is 5.84 Å². The van der Waals surface area contributed by atoms with Crippen LogP contribution in [0.4, 0.5) is 0 Å². The highest BCUT2D eigenvalue weighted by molar-refractivity contribution is 5.97. The molecule has 0 aliphatic rings. The van der Waals surface area contributed by atoms with E-state index in [0.29, 0.717) is 24.4 Å². The lowest BCUT2D eigenvalue weighted by Gasteiger charge is -2.23. The average Bonchev–Trinajstić information content (AvgIpc) is 2.90. The number of aliphatic imine (C=N–C) groups is 1. The molecule has 0 aromatic heterocycles. The Morgan fingerprint density at radius 1 is 0.943 bits per heavy atom. The van der Waals surface area contributed by atoms with Gasteiger partial charge < -0.3 is 21.5 Å². The summed E-state index contributed by atoms with van der Waals surface area (Å²) >= 11 is 0. The van der Waals surface area contributed by atoms with Crippen molar-refractivity contribution >= 4 is 17.7 Å². The van der Waals surface area contributed by atoms with Crippen molar-refractivity contribution < 1.29 is 14.3 Å². The number of carbonyl (C=O) groups is 2. The molecule has 3 aromatic carbocycles. The van der Waals surface area contributed by atoms with Crippen LogP contribution in [0.3, 0.4) is 0 Å². The number of amidine groups is 1. The van der Waals surface area contributed by atoms with Gasteiger partial charge in [-0.05, 0) is 59.9 Å². The van der Waals surface area contributed by atoms with Crippen LogP contribution in [0.1, 0.15) is 34.0 Å². The van der Waals surface area contributed by atoms with Crippen LogP contribution in [-0.2, 0) is 22.5 Å². The highest BCUT2D eigenvalue weighted by atomic mass is 16.5. The van der Waals surface area contributed by atoms with E-state index in [-0.39, 0.29) is 5.91 Å². The van der Waals surface area contributed by atoms with Crippen molar-refractivity contribution in [1.82, 2.24) is 5.32 Å². The normalized spacial score (nSPS) is 13.1. The molecular formula is C28H32N4O3. The largest absolute Gasteiger partial charge is 0.469 e. The zero-order chi connectivity index (χ0) is 25.4. The summed E-state index contributed by atoms with van der Waals surface area (Å²) in [5.74, 6) is -0.807. The van der Waals surface area contributed by atoms with Crippen molar-refractivity contribution in [3.8, 4) is 11.1 Å². The number of nitrogens with one attached hydrogen (secondary N) is 1. The second-order valence-electron chi connectivity index (χ2n) is 8.39. The minimum Gasteiger partial charge on any atom is -0.469 e. The Hall–Kier alpha value is -3.97. The Morgan fingerprint density at radius 2 is 1.63 bits per heavy atom. The molecule has 2 unspecified atom stereocenters. The van der Waals surface area contributed by atoms with E-state index in [0.717, 1.165) is 27.8 Å². The Labute approximate surface area is 206 Å². The molecule has 0 heterocycles. The van der Waals surface area contributed by atoms with E-state index in [4.69, 9.17) is 16.2 Å². The Morgan fingerprint density at radius 3 is 2.29 bits per heavy atom. The van der Waals surface area contributed by atoms with Crippen molar-refractivity contribution in [3.63, 3.8) is 0 Å². The topological polar surface area (TPSA) is 120 Å². The molecule has 7 nitrogen and oxygen atoms in total. The summed E-state index contributed by atoms with van der Waals surface area (Å²) in [5, 5.41) is 2.95. The fourth-order valence-corrected chi connectivity index (χ4v) is 3.94. The molecule has 7 heteroatoms. The summed E-state index contributed by atoms with van der Waals surface area (Å²) in [4.78, 5) is 29.5. The van der Waals surface area contributed by atoms with E-state index in [1.807, 2.05) is 60.7 Å². The molecule has 0 saturated heterocycles. The third-order valence-corrected chi connectivity index (χ3v) is 6.03. The van der Waals surface area contributed by atoms with Gasteiger partial charge in [0.05, 0.1) is 13.0 Å². The molecule has 0 aliphatic carbocycles. The van der Waals surface area contributed by atoms with E-state index in [1.54, 1.807) is 26.1 Å². The maximum atomic E-state index is 12.9. The molecule has 2 atom stereocenters. The van der Waals surface area contributed by atoms with Gasteiger partial charge in [-0.1, -0.05) is 48.5 Å². The maximum absolute atomic E-state index is 12.9. The Bertz CT molecular complexity index is 1200. The van der Waals surface area contributed by atoms with Crippen molar-refractivity contribution in [2.24, 2.45) is 22.4 Å². The monoisotopic (exact) mass is 472 g/mol. The smallest absolute Gasteiger partial charge is 0.311 e. The van der Waals surface area contributed by atoms with Gasteiger partial charge in [0.25, 0.3) is 5.91 Å². The molecule has 5 N–H and O–H groups in total. The maximum Gasteiger partial charge on any atom is 0.311 e.